The van der Waals surface area contributed by atoms with E-state index < -0.39 is 0 Å². The van der Waals surface area contributed by atoms with E-state index in [-0.39, 0.29) is 0 Å². The van der Waals surface area contributed by atoms with Gasteiger partial charge in [0.15, 0.2) is 5.82 Å². The van der Waals surface area contributed by atoms with Gasteiger partial charge in [-0.25, -0.2) is 15.0 Å². The Labute approximate surface area is 157 Å². The molecule has 1 fully saturated rings. The molecule has 0 saturated carbocycles. The lowest BCUT2D eigenvalue weighted by Crippen LogP contribution is -2.30. The monoisotopic (exact) mass is 365 g/mol. The van der Waals surface area contributed by atoms with E-state index >= 15 is 0 Å². The topological polar surface area (TPSA) is 54.8 Å². The van der Waals surface area contributed by atoms with Crippen LogP contribution in [0.5, 0.6) is 0 Å². The molecular formula is C20H23N5S. The normalized spacial score (nSPS) is 22.8. The van der Waals surface area contributed by atoms with E-state index in [0.29, 0.717) is 17.8 Å². The predicted molar refractivity (Wildman–Crippen MR) is 106 cm³/mol. The summed E-state index contributed by atoms with van der Waals surface area (Å²) in [6.45, 7) is 5.74. The van der Waals surface area contributed by atoms with Gasteiger partial charge in [-0.15, -0.1) is 11.3 Å². The molecule has 0 bridgehead atoms. The molecule has 1 aliphatic heterocycles. The van der Waals surface area contributed by atoms with Gasteiger partial charge in [0.05, 0.1) is 11.6 Å². The molecule has 5 rings (SSSR count). The van der Waals surface area contributed by atoms with Crippen molar-refractivity contribution >= 4 is 27.4 Å². The second-order valence-electron chi connectivity index (χ2n) is 7.55. The fraction of sp³-hybridized carbons (Fsp3) is 0.500. The molecule has 2 unspecified atom stereocenters. The molecule has 4 heterocycles. The molecule has 0 spiro atoms. The third-order valence-corrected chi connectivity index (χ3v) is 7.19. The lowest BCUT2D eigenvalue weighted by atomic mass is 9.96. The molecule has 1 aliphatic carbocycles. The van der Waals surface area contributed by atoms with Gasteiger partial charge in [-0.1, -0.05) is 6.92 Å². The highest BCUT2D eigenvalue weighted by molar-refractivity contribution is 7.19. The Hall–Kier alpha value is -2.08. The quantitative estimate of drug-likeness (QED) is 0.679. The van der Waals surface area contributed by atoms with Crippen LogP contribution in [0.3, 0.4) is 0 Å². The number of aromatic nitrogens is 4. The number of hydrogen-bond donors (Lipinski definition) is 0. The van der Waals surface area contributed by atoms with Crippen LogP contribution in [-0.4, -0.2) is 32.5 Å². The zero-order chi connectivity index (χ0) is 17.7. The van der Waals surface area contributed by atoms with Crippen molar-refractivity contribution in [3.8, 4) is 11.5 Å². The first kappa shape index (κ1) is 16.1. The smallest absolute Gasteiger partial charge is 0.183 e. The van der Waals surface area contributed by atoms with Crippen LogP contribution in [0.25, 0.3) is 21.7 Å². The second-order valence-corrected chi connectivity index (χ2v) is 8.64. The molecule has 1 saturated heterocycles. The maximum atomic E-state index is 5.04. The minimum Gasteiger partial charge on any atom is -0.353 e. The fourth-order valence-corrected chi connectivity index (χ4v) is 5.52. The molecule has 2 aliphatic rings. The number of thiophene rings is 1. The summed E-state index contributed by atoms with van der Waals surface area (Å²) in [6, 6.07) is 0.502. The molecule has 0 amide bonds. The number of anilines is 1. The molecule has 2 atom stereocenters. The van der Waals surface area contributed by atoms with Crippen LogP contribution in [-0.2, 0) is 12.8 Å². The Bertz CT molecular complexity index is 952. The van der Waals surface area contributed by atoms with E-state index in [0.717, 1.165) is 29.3 Å². The van der Waals surface area contributed by atoms with Crippen molar-refractivity contribution in [1.82, 2.24) is 19.9 Å². The standard InChI is InChI=1S/C20H23N5S/c1-12-7-10-25(13(12)2)19-17-14-5-3-4-6-16(14)26-20(17)24-18(23-19)15-11-21-8-9-22-15/h8-9,11-13H,3-7,10H2,1-2H3. The minimum absolute atomic E-state index is 0.502. The summed E-state index contributed by atoms with van der Waals surface area (Å²) in [5.74, 6) is 2.51. The van der Waals surface area contributed by atoms with Crippen molar-refractivity contribution in [3.63, 3.8) is 0 Å². The van der Waals surface area contributed by atoms with Crippen LogP contribution in [0.15, 0.2) is 18.6 Å². The van der Waals surface area contributed by atoms with Gasteiger partial charge in [0.2, 0.25) is 0 Å². The van der Waals surface area contributed by atoms with Crippen molar-refractivity contribution < 1.29 is 0 Å². The first-order chi connectivity index (χ1) is 12.7. The highest BCUT2D eigenvalue weighted by atomic mass is 32.1. The third-order valence-electron chi connectivity index (χ3n) is 6.00. The fourth-order valence-electron chi connectivity index (χ4n) is 4.27. The lowest BCUT2D eigenvalue weighted by Gasteiger charge is -2.26. The first-order valence-corrected chi connectivity index (χ1v) is 10.4. The van der Waals surface area contributed by atoms with Crippen LogP contribution in [0, 0.1) is 5.92 Å². The molecule has 0 aromatic carbocycles. The molecule has 3 aromatic heterocycles. The highest BCUT2D eigenvalue weighted by Gasteiger charge is 2.32. The third kappa shape index (κ3) is 2.50. The van der Waals surface area contributed by atoms with Crippen LogP contribution in [0.2, 0.25) is 0 Å². The maximum absolute atomic E-state index is 5.04. The maximum Gasteiger partial charge on any atom is 0.183 e. The second kappa shape index (κ2) is 6.27. The van der Waals surface area contributed by atoms with Gasteiger partial charge in [0, 0.05) is 29.9 Å². The first-order valence-electron chi connectivity index (χ1n) is 9.57. The van der Waals surface area contributed by atoms with Gasteiger partial charge in [0.25, 0.3) is 0 Å². The Morgan fingerprint density at radius 2 is 2.00 bits per heavy atom. The summed E-state index contributed by atoms with van der Waals surface area (Å²) in [6.07, 6.45) is 11.3. The van der Waals surface area contributed by atoms with Gasteiger partial charge in [0.1, 0.15) is 16.3 Å². The summed E-state index contributed by atoms with van der Waals surface area (Å²) < 4.78 is 0. The van der Waals surface area contributed by atoms with Crippen molar-refractivity contribution in [2.24, 2.45) is 5.92 Å². The zero-order valence-electron chi connectivity index (χ0n) is 15.3. The van der Waals surface area contributed by atoms with Crippen LogP contribution < -0.4 is 4.90 Å². The largest absolute Gasteiger partial charge is 0.353 e. The summed E-state index contributed by atoms with van der Waals surface area (Å²) in [7, 11) is 0. The Morgan fingerprint density at radius 3 is 2.77 bits per heavy atom. The van der Waals surface area contributed by atoms with Gasteiger partial charge in [-0.2, -0.15) is 0 Å². The van der Waals surface area contributed by atoms with E-state index in [1.165, 1.54) is 41.5 Å². The summed E-state index contributed by atoms with van der Waals surface area (Å²) in [5.41, 5.74) is 2.26. The van der Waals surface area contributed by atoms with Crippen LogP contribution in [0.4, 0.5) is 5.82 Å². The van der Waals surface area contributed by atoms with Gasteiger partial charge in [-0.05, 0) is 50.5 Å². The zero-order valence-corrected chi connectivity index (χ0v) is 16.1. The van der Waals surface area contributed by atoms with E-state index in [1.807, 2.05) is 11.3 Å². The van der Waals surface area contributed by atoms with Crippen molar-refractivity contribution in [2.45, 2.75) is 52.0 Å². The number of hydrogen-bond acceptors (Lipinski definition) is 6. The number of fused-ring (bicyclic) bond motifs is 3. The van der Waals surface area contributed by atoms with Crippen LogP contribution in [0.1, 0.15) is 43.6 Å². The highest BCUT2D eigenvalue weighted by Crippen LogP contribution is 2.42. The molecule has 26 heavy (non-hydrogen) atoms. The van der Waals surface area contributed by atoms with Crippen LogP contribution >= 0.6 is 11.3 Å². The van der Waals surface area contributed by atoms with Crippen molar-refractivity contribution in [3.05, 3.63) is 29.0 Å². The van der Waals surface area contributed by atoms with Gasteiger partial charge >= 0.3 is 0 Å². The molecule has 3 aromatic rings. The molecule has 134 valence electrons. The molecule has 5 nitrogen and oxygen atoms in total. The average molecular weight is 366 g/mol. The van der Waals surface area contributed by atoms with E-state index in [9.17, 15) is 0 Å². The van der Waals surface area contributed by atoms with Gasteiger partial charge in [-0.3, -0.25) is 4.98 Å². The van der Waals surface area contributed by atoms with E-state index in [1.54, 1.807) is 18.6 Å². The summed E-state index contributed by atoms with van der Waals surface area (Å²) >= 11 is 1.86. The minimum atomic E-state index is 0.502. The molecule has 0 radical (unpaired) electrons. The number of rotatable bonds is 2. The number of aryl methyl sites for hydroxylation is 2. The molecule has 6 heteroatoms. The van der Waals surface area contributed by atoms with Crippen molar-refractivity contribution in [1.29, 1.82) is 0 Å². The number of nitrogens with zero attached hydrogens (tertiary/aromatic N) is 5. The Morgan fingerprint density at radius 1 is 1.12 bits per heavy atom. The predicted octanol–water partition coefficient (Wildman–Crippen LogP) is 4.26. The summed E-state index contributed by atoms with van der Waals surface area (Å²) in [4.78, 5) is 23.7. The Kier molecular flexibility index (Phi) is 3.89. The average Bonchev–Trinajstić information content (AvgIpc) is 3.22. The van der Waals surface area contributed by atoms with E-state index in [4.69, 9.17) is 9.97 Å². The van der Waals surface area contributed by atoms with E-state index in [2.05, 4.69) is 28.7 Å². The lowest BCUT2D eigenvalue weighted by molar-refractivity contribution is 0.545. The van der Waals surface area contributed by atoms with Gasteiger partial charge < -0.3 is 4.90 Å². The van der Waals surface area contributed by atoms with Crippen molar-refractivity contribution in [2.75, 3.05) is 11.4 Å². The SMILES string of the molecule is CC1CCN(c2nc(-c3cnccn3)nc3sc4c(c23)CCCC4)C1C. The molecule has 0 N–H and O–H groups in total. The molecular weight excluding hydrogens is 342 g/mol. The summed E-state index contributed by atoms with van der Waals surface area (Å²) in [5, 5.41) is 1.30. The Balaban J connectivity index is 1.75.